The molecule has 0 aliphatic carbocycles. The molecule has 0 fully saturated rings. The van der Waals surface area contributed by atoms with Crippen molar-refractivity contribution in [2.45, 2.75) is 39.2 Å². The lowest BCUT2D eigenvalue weighted by Gasteiger charge is -2.19. The Bertz CT molecular complexity index is 127. The molecular weight excluding hydrogens is 255 g/mol. The molecule has 0 aromatic heterocycles. The summed E-state index contributed by atoms with van der Waals surface area (Å²) in [7, 11) is 0. The van der Waals surface area contributed by atoms with Gasteiger partial charge in [-0.1, -0.05) is 22.6 Å². The van der Waals surface area contributed by atoms with Crippen LogP contribution < -0.4 is 0 Å². The van der Waals surface area contributed by atoms with E-state index in [0.717, 1.165) is 10.8 Å². The molecule has 0 atom stereocenters. The van der Waals surface area contributed by atoms with Crippen LogP contribution in [-0.4, -0.2) is 16.0 Å². The average molecular weight is 270 g/mol. The molecule has 0 radical (unpaired) electrons. The Hall–Kier alpha value is 0.200. The number of ether oxygens (including phenoxy) is 1. The van der Waals surface area contributed by atoms with Gasteiger partial charge in [0.2, 0.25) is 0 Å². The molecule has 66 valence electrons. The van der Waals surface area contributed by atoms with E-state index < -0.39 is 0 Å². The quantitative estimate of drug-likeness (QED) is 0.447. The number of carbonyl (C=O) groups excluding carboxylic acids is 1. The van der Waals surface area contributed by atoms with Crippen LogP contribution in [0.3, 0.4) is 0 Å². The Kier molecular flexibility index (Phi) is 5.04. The summed E-state index contributed by atoms with van der Waals surface area (Å²) in [5.74, 6) is -0.0887. The van der Waals surface area contributed by atoms with E-state index in [9.17, 15) is 4.79 Å². The lowest BCUT2D eigenvalue weighted by molar-refractivity contribution is -0.154. The molecule has 0 aliphatic heterocycles. The zero-order chi connectivity index (χ0) is 8.91. The van der Waals surface area contributed by atoms with Crippen molar-refractivity contribution in [3.05, 3.63) is 0 Å². The van der Waals surface area contributed by atoms with Gasteiger partial charge in [-0.3, -0.25) is 4.79 Å². The van der Waals surface area contributed by atoms with Crippen LogP contribution in [0.1, 0.15) is 33.6 Å². The summed E-state index contributed by atoms with van der Waals surface area (Å²) in [5.41, 5.74) is -0.331. The van der Waals surface area contributed by atoms with Crippen molar-refractivity contribution in [2.24, 2.45) is 0 Å². The second-order valence-electron chi connectivity index (χ2n) is 3.38. The zero-order valence-electron chi connectivity index (χ0n) is 7.32. The fourth-order valence-corrected chi connectivity index (χ4v) is 0.985. The highest BCUT2D eigenvalue weighted by molar-refractivity contribution is 14.1. The number of hydrogen-bond donors (Lipinski definition) is 0. The van der Waals surface area contributed by atoms with Gasteiger partial charge in [0.05, 0.1) is 0 Å². The van der Waals surface area contributed by atoms with Crippen molar-refractivity contribution in [1.29, 1.82) is 0 Å². The molecule has 0 saturated carbocycles. The maximum absolute atomic E-state index is 11.0. The molecule has 0 N–H and O–H groups in total. The first-order valence-electron chi connectivity index (χ1n) is 3.73. The van der Waals surface area contributed by atoms with Gasteiger partial charge in [-0.05, 0) is 27.2 Å². The minimum absolute atomic E-state index is 0.0887. The van der Waals surface area contributed by atoms with Gasteiger partial charge in [0.25, 0.3) is 0 Å². The van der Waals surface area contributed by atoms with Crippen LogP contribution in [0.2, 0.25) is 0 Å². The molecule has 0 amide bonds. The minimum atomic E-state index is -0.331. The summed E-state index contributed by atoms with van der Waals surface area (Å²) in [5, 5.41) is 0. The number of hydrogen-bond acceptors (Lipinski definition) is 2. The van der Waals surface area contributed by atoms with Gasteiger partial charge in [0, 0.05) is 10.8 Å². The van der Waals surface area contributed by atoms with Crippen molar-refractivity contribution in [3.8, 4) is 0 Å². The normalized spacial score (nSPS) is 11.3. The van der Waals surface area contributed by atoms with E-state index in [0.29, 0.717) is 6.42 Å². The van der Waals surface area contributed by atoms with Gasteiger partial charge in [0.15, 0.2) is 0 Å². The van der Waals surface area contributed by atoms with Crippen molar-refractivity contribution >= 4 is 28.6 Å². The smallest absolute Gasteiger partial charge is 0.306 e. The van der Waals surface area contributed by atoms with E-state index in [1.807, 2.05) is 20.8 Å². The van der Waals surface area contributed by atoms with Gasteiger partial charge in [-0.15, -0.1) is 0 Å². The van der Waals surface area contributed by atoms with Crippen LogP contribution in [-0.2, 0) is 9.53 Å². The van der Waals surface area contributed by atoms with E-state index in [-0.39, 0.29) is 11.6 Å². The predicted molar refractivity (Wildman–Crippen MR) is 54.0 cm³/mol. The third-order valence-corrected chi connectivity index (χ3v) is 1.70. The number of alkyl halides is 1. The predicted octanol–water partition coefficient (Wildman–Crippen LogP) is 2.54. The second-order valence-corrected chi connectivity index (χ2v) is 4.46. The van der Waals surface area contributed by atoms with Crippen LogP contribution >= 0.6 is 22.6 Å². The molecule has 0 unspecified atom stereocenters. The van der Waals surface area contributed by atoms with Crippen molar-refractivity contribution in [1.82, 2.24) is 0 Å². The van der Waals surface area contributed by atoms with Crippen molar-refractivity contribution < 1.29 is 9.53 Å². The summed E-state index contributed by atoms with van der Waals surface area (Å²) >= 11 is 2.25. The van der Waals surface area contributed by atoms with Gasteiger partial charge in [-0.2, -0.15) is 0 Å². The maximum Gasteiger partial charge on any atom is 0.306 e. The van der Waals surface area contributed by atoms with Crippen molar-refractivity contribution in [3.63, 3.8) is 0 Å². The number of rotatable bonds is 3. The average Bonchev–Trinajstić information content (AvgIpc) is 1.79. The SMILES string of the molecule is CC(C)(C)OC(=O)CCCI. The Morgan fingerprint density at radius 1 is 1.45 bits per heavy atom. The zero-order valence-corrected chi connectivity index (χ0v) is 9.47. The van der Waals surface area contributed by atoms with Crippen LogP contribution in [0.25, 0.3) is 0 Å². The van der Waals surface area contributed by atoms with Crippen LogP contribution in [0, 0.1) is 0 Å². The van der Waals surface area contributed by atoms with Crippen LogP contribution in [0.15, 0.2) is 0 Å². The summed E-state index contributed by atoms with van der Waals surface area (Å²) in [4.78, 5) is 11.0. The third kappa shape index (κ3) is 8.10. The number of esters is 1. The Balaban J connectivity index is 3.53. The van der Waals surface area contributed by atoms with E-state index in [1.165, 1.54) is 0 Å². The molecule has 0 saturated heterocycles. The highest BCUT2D eigenvalue weighted by atomic mass is 127. The van der Waals surface area contributed by atoms with Crippen molar-refractivity contribution in [2.75, 3.05) is 4.43 Å². The molecule has 0 rings (SSSR count). The van der Waals surface area contributed by atoms with Gasteiger partial charge >= 0.3 is 5.97 Å². The summed E-state index contributed by atoms with van der Waals surface area (Å²) in [6, 6.07) is 0. The van der Waals surface area contributed by atoms with Gasteiger partial charge in [-0.25, -0.2) is 0 Å². The molecular formula is C8H15IO2. The Morgan fingerprint density at radius 2 is 2.00 bits per heavy atom. The first kappa shape index (κ1) is 11.2. The highest BCUT2D eigenvalue weighted by Gasteiger charge is 2.15. The van der Waals surface area contributed by atoms with E-state index in [4.69, 9.17) is 4.74 Å². The monoisotopic (exact) mass is 270 g/mol. The van der Waals surface area contributed by atoms with E-state index >= 15 is 0 Å². The molecule has 0 bridgehead atoms. The summed E-state index contributed by atoms with van der Waals surface area (Å²) in [6.07, 6.45) is 1.45. The standard InChI is InChI=1S/C8H15IO2/c1-8(2,3)11-7(10)5-4-6-9/h4-6H2,1-3H3. The molecule has 0 aromatic carbocycles. The molecule has 11 heavy (non-hydrogen) atoms. The topological polar surface area (TPSA) is 26.3 Å². The van der Waals surface area contributed by atoms with E-state index in [1.54, 1.807) is 0 Å². The molecule has 0 spiro atoms. The fraction of sp³-hybridized carbons (Fsp3) is 0.875. The van der Waals surface area contributed by atoms with E-state index in [2.05, 4.69) is 22.6 Å². The first-order chi connectivity index (χ1) is 4.95. The fourth-order valence-electron chi connectivity index (χ4n) is 0.604. The molecule has 0 aliphatic rings. The lowest BCUT2D eigenvalue weighted by atomic mass is 10.2. The van der Waals surface area contributed by atoms with Gasteiger partial charge < -0.3 is 4.74 Å². The maximum atomic E-state index is 11.0. The Morgan fingerprint density at radius 3 is 2.36 bits per heavy atom. The molecule has 2 nitrogen and oxygen atoms in total. The Labute approximate surface area is 81.8 Å². The first-order valence-corrected chi connectivity index (χ1v) is 5.26. The third-order valence-electron chi connectivity index (χ3n) is 0.935. The van der Waals surface area contributed by atoms with Crippen LogP contribution in [0.4, 0.5) is 0 Å². The molecule has 0 aromatic rings. The number of carbonyl (C=O) groups is 1. The molecule has 3 heteroatoms. The van der Waals surface area contributed by atoms with Gasteiger partial charge in [0.1, 0.15) is 5.60 Å². The van der Waals surface area contributed by atoms with Crippen LogP contribution in [0.5, 0.6) is 0 Å². The lowest BCUT2D eigenvalue weighted by Crippen LogP contribution is -2.23. The summed E-state index contributed by atoms with van der Waals surface area (Å²) in [6.45, 7) is 5.65. The molecule has 0 heterocycles. The second kappa shape index (κ2) is 4.95. The summed E-state index contributed by atoms with van der Waals surface area (Å²) < 4.78 is 6.11. The number of halogens is 1. The highest BCUT2D eigenvalue weighted by Crippen LogP contribution is 2.09. The minimum Gasteiger partial charge on any atom is -0.460 e. The largest absolute Gasteiger partial charge is 0.460 e.